The van der Waals surface area contributed by atoms with Crippen LogP contribution in [0.15, 0.2) is 12.1 Å². The Balaban J connectivity index is 2.97. The summed E-state index contributed by atoms with van der Waals surface area (Å²) < 4.78 is 10.6. The van der Waals surface area contributed by atoms with Crippen molar-refractivity contribution in [3.8, 4) is 11.5 Å². The van der Waals surface area contributed by atoms with Gasteiger partial charge in [0.1, 0.15) is 11.5 Å². The van der Waals surface area contributed by atoms with Gasteiger partial charge in [0.2, 0.25) is 0 Å². The molecule has 0 aliphatic rings. The van der Waals surface area contributed by atoms with E-state index in [-0.39, 0.29) is 0 Å². The Morgan fingerprint density at radius 2 is 1.88 bits per heavy atom. The van der Waals surface area contributed by atoms with Crippen LogP contribution >= 0.6 is 0 Å². The first-order chi connectivity index (χ1) is 7.89. The molecule has 0 atom stereocenters. The molecule has 4 heteroatoms. The number of ether oxygens (including phenoxy) is 2. The van der Waals surface area contributed by atoms with Gasteiger partial charge in [-0.15, -0.1) is 0 Å². The highest BCUT2D eigenvalue weighted by atomic mass is 16.5. The van der Waals surface area contributed by atoms with E-state index in [0.717, 1.165) is 22.7 Å². The van der Waals surface area contributed by atoms with Gasteiger partial charge in [0.25, 0.3) is 0 Å². The van der Waals surface area contributed by atoms with Crippen LogP contribution in [0.4, 0.5) is 5.69 Å². The van der Waals surface area contributed by atoms with Crippen LogP contribution in [0.2, 0.25) is 0 Å². The lowest BCUT2D eigenvalue weighted by Gasteiger charge is -2.21. The zero-order chi connectivity index (χ0) is 13.1. The quantitative estimate of drug-likeness (QED) is 0.827. The average Bonchev–Trinajstić information content (AvgIpc) is 2.25. The minimum Gasteiger partial charge on any atom is -0.496 e. The topological polar surface area (TPSA) is 50.7 Å². The van der Waals surface area contributed by atoms with Gasteiger partial charge in [0.15, 0.2) is 0 Å². The summed E-state index contributed by atoms with van der Waals surface area (Å²) in [5.41, 5.74) is 1.03. The van der Waals surface area contributed by atoms with Crippen molar-refractivity contribution in [2.75, 3.05) is 26.1 Å². The summed E-state index contributed by atoms with van der Waals surface area (Å²) in [6.07, 6.45) is 0. The fraction of sp³-hybridized carbons (Fsp3) is 0.538. The molecule has 0 radical (unpaired) electrons. The Morgan fingerprint density at radius 1 is 1.24 bits per heavy atom. The van der Waals surface area contributed by atoms with Crippen molar-refractivity contribution in [1.29, 1.82) is 0 Å². The summed E-state index contributed by atoms with van der Waals surface area (Å²) >= 11 is 0. The van der Waals surface area contributed by atoms with Gasteiger partial charge in [0, 0.05) is 12.1 Å². The Labute approximate surface area is 103 Å². The molecule has 0 saturated carbocycles. The van der Waals surface area contributed by atoms with Gasteiger partial charge in [-0.25, -0.2) is 0 Å². The minimum atomic E-state index is -0.765. The van der Waals surface area contributed by atoms with Gasteiger partial charge < -0.3 is 19.9 Å². The smallest absolute Gasteiger partial charge is 0.148 e. The van der Waals surface area contributed by atoms with Crippen LogP contribution in [-0.4, -0.2) is 31.5 Å². The number of nitrogens with one attached hydrogen (secondary N) is 1. The van der Waals surface area contributed by atoms with Gasteiger partial charge >= 0.3 is 0 Å². The van der Waals surface area contributed by atoms with E-state index in [1.807, 2.05) is 19.1 Å². The van der Waals surface area contributed by atoms with Crippen LogP contribution in [0.5, 0.6) is 11.5 Å². The minimum absolute atomic E-state index is 0.454. The lowest BCUT2D eigenvalue weighted by atomic mass is 10.1. The van der Waals surface area contributed by atoms with Crippen molar-refractivity contribution < 1.29 is 14.6 Å². The monoisotopic (exact) mass is 239 g/mol. The summed E-state index contributed by atoms with van der Waals surface area (Å²) in [5, 5.41) is 12.9. The Morgan fingerprint density at radius 3 is 2.35 bits per heavy atom. The van der Waals surface area contributed by atoms with Gasteiger partial charge in [0.05, 0.1) is 25.5 Å². The summed E-state index contributed by atoms with van der Waals surface area (Å²) in [5.74, 6) is 1.53. The fourth-order valence-electron chi connectivity index (χ4n) is 1.61. The van der Waals surface area contributed by atoms with Crippen LogP contribution < -0.4 is 14.8 Å². The van der Waals surface area contributed by atoms with E-state index in [1.165, 1.54) is 0 Å². The van der Waals surface area contributed by atoms with Crippen LogP contribution in [0.25, 0.3) is 0 Å². The summed E-state index contributed by atoms with van der Waals surface area (Å²) in [7, 11) is 3.25. The van der Waals surface area contributed by atoms with Crippen molar-refractivity contribution in [2.24, 2.45) is 0 Å². The number of anilines is 1. The molecule has 1 aromatic carbocycles. The zero-order valence-electron chi connectivity index (χ0n) is 11.1. The molecule has 0 unspecified atom stereocenters. The first kappa shape index (κ1) is 13.6. The van der Waals surface area contributed by atoms with Crippen molar-refractivity contribution in [2.45, 2.75) is 26.4 Å². The molecular formula is C13H21NO3. The molecule has 0 aliphatic heterocycles. The number of benzene rings is 1. The standard InChI is InChI=1S/C13H21NO3/c1-9-11(16-4)7-6-10(12(9)17-5)14-8-13(2,3)15/h6-7,14-15H,8H2,1-5H3. The van der Waals surface area contributed by atoms with Crippen molar-refractivity contribution in [3.63, 3.8) is 0 Å². The second-order valence-electron chi connectivity index (χ2n) is 4.64. The molecule has 0 heterocycles. The number of hydrogen-bond acceptors (Lipinski definition) is 4. The van der Waals surface area contributed by atoms with Gasteiger partial charge in [-0.1, -0.05) is 0 Å². The molecule has 1 aromatic rings. The highest BCUT2D eigenvalue weighted by molar-refractivity contribution is 5.64. The van der Waals surface area contributed by atoms with Gasteiger partial charge in [-0.2, -0.15) is 0 Å². The maximum atomic E-state index is 9.68. The molecule has 0 aliphatic carbocycles. The first-order valence-electron chi connectivity index (χ1n) is 5.57. The van der Waals surface area contributed by atoms with E-state index in [4.69, 9.17) is 9.47 Å². The molecule has 0 bridgehead atoms. The molecule has 0 fully saturated rings. The normalized spacial score (nSPS) is 11.2. The van der Waals surface area contributed by atoms with Crippen molar-refractivity contribution >= 4 is 5.69 Å². The molecule has 17 heavy (non-hydrogen) atoms. The van der Waals surface area contributed by atoms with Gasteiger partial charge in [-0.05, 0) is 32.9 Å². The second-order valence-corrected chi connectivity index (χ2v) is 4.64. The SMILES string of the molecule is COc1ccc(NCC(C)(C)O)c(OC)c1C. The van der Waals surface area contributed by atoms with Crippen LogP contribution in [0.1, 0.15) is 19.4 Å². The fourth-order valence-corrected chi connectivity index (χ4v) is 1.61. The molecule has 0 amide bonds. The zero-order valence-corrected chi connectivity index (χ0v) is 11.1. The van der Waals surface area contributed by atoms with E-state index in [0.29, 0.717) is 6.54 Å². The molecule has 1 rings (SSSR count). The van der Waals surface area contributed by atoms with E-state index in [1.54, 1.807) is 28.1 Å². The predicted octanol–water partition coefficient (Wildman–Crippen LogP) is 2.20. The van der Waals surface area contributed by atoms with Crippen LogP contribution in [-0.2, 0) is 0 Å². The van der Waals surface area contributed by atoms with Crippen LogP contribution in [0, 0.1) is 6.92 Å². The third kappa shape index (κ3) is 3.53. The molecule has 4 nitrogen and oxygen atoms in total. The maximum Gasteiger partial charge on any atom is 0.148 e. The van der Waals surface area contributed by atoms with E-state index in [9.17, 15) is 5.11 Å². The van der Waals surface area contributed by atoms with Crippen LogP contribution in [0.3, 0.4) is 0 Å². The third-order valence-electron chi connectivity index (χ3n) is 2.49. The third-order valence-corrected chi connectivity index (χ3v) is 2.49. The molecule has 0 aromatic heterocycles. The number of hydrogen-bond donors (Lipinski definition) is 2. The van der Waals surface area contributed by atoms with E-state index < -0.39 is 5.60 Å². The molecule has 2 N–H and O–H groups in total. The molecule has 0 spiro atoms. The number of methoxy groups -OCH3 is 2. The average molecular weight is 239 g/mol. The lowest BCUT2D eigenvalue weighted by molar-refractivity contribution is 0.0945. The summed E-state index contributed by atoms with van der Waals surface area (Å²) in [6, 6.07) is 3.76. The van der Waals surface area contributed by atoms with Crippen molar-refractivity contribution in [3.05, 3.63) is 17.7 Å². The first-order valence-corrected chi connectivity index (χ1v) is 5.57. The van der Waals surface area contributed by atoms with E-state index in [2.05, 4.69) is 5.32 Å². The Bertz CT molecular complexity index is 383. The Hall–Kier alpha value is -1.42. The highest BCUT2D eigenvalue weighted by Crippen LogP contribution is 2.34. The van der Waals surface area contributed by atoms with E-state index >= 15 is 0 Å². The molecule has 0 saturated heterocycles. The highest BCUT2D eigenvalue weighted by Gasteiger charge is 2.15. The molecular weight excluding hydrogens is 218 g/mol. The maximum absolute atomic E-state index is 9.68. The molecule has 96 valence electrons. The lowest BCUT2D eigenvalue weighted by Crippen LogP contribution is -2.29. The van der Waals surface area contributed by atoms with Crippen molar-refractivity contribution in [1.82, 2.24) is 0 Å². The Kier molecular flexibility index (Phi) is 4.23. The summed E-state index contributed by atoms with van der Waals surface area (Å²) in [6.45, 7) is 5.90. The van der Waals surface area contributed by atoms with Gasteiger partial charge in [-0.3, -0.25) is 0 Å². The number of rotatable bonds is 5. The predicted molar refractivity (Wildman–Crippen MR) is 69.1 cm³/mol. The largest absolute Gasteiger partial charge is 0.496 e. The second kappa shape index (κ2) is 5.27. The number of aliphatic hydroxyl groups is 1. The summed E-state index contributed by atoms with van der Waals surface area (Å²) in [4.78, 5) is 0.